The van der Waals surface area contributed by atoms with Crippen LogP contribution in [0, 0.1) is 0 Å². The molecular weight excluding hydrogens is 338 g/mol. The predicted octanol–water partition coefficient (Wildman–Crippen LogP) is 1.19. The van der Waals surface area contributed by atoms with Crippen LogP contribution < -0.4 is 9.24 Å². The molecule has 3 amide bonds. The second-order valence-corrected chi connectivity index (χ2v) is 6.24. The Bertz CT molecular complexity index is 644. The highest BCUT2D eigenvalue weighted by Gasteiger charge is 2.39. The largest absolute Gasteiger partial charge is 0.322 e. The van der Waals surface area contributed by atoms with Gasteiger partial charge in [-0.1, -0.05) is 6.07 Å². The molecule has 2 aliphatic heterocycles. The van der Waals surface area contributed by atoms with Crippen molar-refractivity contribution >= 4 is 39.6 Å². The fourth-order valence-electron chi connectivity index (χ4n) is 2.86. The number of benzene rings is 1. The monoisotopic (exact) mass is 351 g/mol. The van der Waals surface area contributed by atoms with E-state index in [-0.39, 0.29) is 24.1 Å². The molecule has 0 saturated carbocycles. The smallest absolute Gasteiger partial charge is 0.255 e. The van der Waals surface area contributed by atoms with Crippen LogP contribution >= 0.6 is 16.1 Å². The third-order valence-electron chi connectivity index (χ3n) is 3.89. The van der Waals surface area contributed by atoms with Crippen molar-refractivity contribution in [2.24, 2.45) is 0 Å². The number of fused-ring (bicyclic) bond motifs is 1. The van der Waals surface area contributed by atoms with E-state index in [0.29, 0.717) is 18.5 Å². The minimum atomic E-state index is -0.573. The lowest BCUT2D eigenvalue weighted by Crippen LogP contribution is -2.52. The van der Waals surface area contributed by atoms with E-state index in [4.69, 9.17) is 0 Å². The zero-order valence-electron chi connectivity index (χ0n) is 11.4. The Hall–Kier alpha value is -1.89. The Morgan fingerprint density at radius 3 is 2.76 bits per heavy atom. The number of nitrogens with zero attached hydrogens (tertiary/aromatic N) is 2. The van der Waals surface area contributed by atoms with Gasteiger partial charge in [0.2, 0.25) is 11.8 Å². The van der Waals surface area contributed by atoms with Gasteiger partial charge in [0.15, 0.2) is 0 Å². The van der Waals surface area contributed by atoms with Gasteiger partial charge in [0.25, 0.3) is 5.91 Å². The van der Waals surface area contributed by atoms with Gasteiger partial charge >= 0.3 is 0 Å². The quantitative estimate of drug-likeness (QED) is 0.641. The van der Waals surface area contributed by atoms with Gasteiger partial charge in [-0.3, -0.25) is 19.7 Å². The van der Waals surface area contributed by atoms with Gasteiger partial charge in [-0.05, 0) is 18.6 Å². The Morgan fingerprint density at radius 2 is 2.10 bits per heavy atom. The van der Waals surface area contributed by atoms with Crippen LogP contribution in [0.3, 0.4) is 0 Å². The second kappa shape index (κ2) is 5.14. The summed E-state index contributed by atoms with van der Waals surface area (Å²) in [5, 5.41) is 2.30. The summed E-state index contributed by atoms with van der Waals surface area (Å²) in [6.07, 6.45) is 0.644. The maximum atomic E-state index is 12.5. The van der Waals surface area contributed by atoms with E-state index in [1.807, 2.05) is 19.2 Å². The van der Waals surface area contributed by atoms with Crippen molar-refractivity contribution in [3.63, 3.8) is 0 Å². The van der Waals surface area contributed by atoms with Crippen LogP contribution in [0.2, 0.25) is 0 Å². The van der Waals surface area contributed by atoms with E-state index >= 15 is 0 Å². The summed E-state index contributed by atoms with van der Waals surface area (Å²) in [6.45, 7) is 0.382. The number of rotatable bonds is 2. The molecule has 0 spiro atoms. The molecule has 1 fully saturated rings. The fourth-order valence-corrected chi connectivity index (χ4v) is 3.19. The van der Waals surface area contributed by atoms with Gasteiger partial charge in [-0.25, -0.2) is 0 Å². The first kappa shape index (κ1) is 14.1. The average molecular weight is 352 g/mol. The normalized spacial score (nSPS) is 21.3. The summed E-state index contributed by atoms with van der Waals surface area (Å²) >= 11 is 3.37. The molecule has 0 bridgehead atoms. The van der Waals surface area contributed by atoms with Crippen LogP contribution in [0.15, 0.2) is 18.2 Å². The minimum Gasteiger partial charge on any atom is -0.322 e. The summed E-state index contributed by atoms with van der Waals surface area (Å²) in [5.41, 5.74) is 2.41. The minimum absolute atomic E-state index is 0.157. The number of hydrogen-bond donors (Lipinski definition) is 1. The number of carbonyl (C=O) groups excluding carboxylic acids is 3. The van der Waals surface area contributed by atoms with Crippen molar-refractivity contribution < 1.29 is 14.4 Å². The number of imide groups is 1. The number of hydrogen-bond acceptors (Lipinski definition) is 4. The summed E-state index contributed by atoms with van der Waals surface area (Å²) < 4.78 is 1.77. The molecule has 1 N–H and O–H groups in total. The fraction of sp³-hybridized carbons (Fsp3) is 0.357. The number of nitrogens with one attached hydrogen (secondary N) is 1. The molecule has 3 rings (SSSR count). The summed E-state index contributed by atoms with van der Waals surface area (Å²) in [4.78, 5) is 37.3. The number of carbonyl (C=O) groups is 3. The molecule has 2 heterocycles. The van der Waals surface area contributed by atoms with E-state index in [2.05, 4.69) is 21.5 Å². The predicted molar refractivity (Wildman–Crippen MR) is 79.8 cm³/mol. The molecule has 2 aliphatic rings. The number of amides is 3. The maximum Gasteiger partial charge on any atom is 0.255 e. The molecule has 1 atom stereocenters. The van der Waals surface area contributed by atoms with Crippen LogP contribution in [0.25, 0.3) is 0 Å². The van der Waals surface area contributed by atoms with Crippen LogP contribution in [0.4, 0.5) is 5.69 Å². The zero-order chi connectivity index (χ0) is 15.1. The molecule has 1 aromatic rings. The maximum absolute atomic E-state index is 12.5. The van der Waals surface area contributed by atoms with E-state index in [9.17, 15) is 14.4 Å². The lowest BCUT2D eigenvalue weighted by atomic mass is 10.0. The van der Waals surface area contributed by atoms with E-state index < -0.39 is 6.04 Å². The zero-order valence-corrected chi connectivity index (χ0v) is 13.0. The van der Waals surface area contributed by atoms with Crippen molar-refractivity contribution in [1.82, 2.24) is 10.2 Å². The van der Waals surface area contributed by atoms with Gasteiger partial charge in [0.1, 0.15) is 6.04 Å². The van der Waals surface area contributed by atoms with Crippen molar-refractivity contribution in [3.8, 4) is 0 Å². The molecule has 1 saturated heterocycles. The SMILES string of the molecule is CN(Br)c1cccc2c1CN(C1CCC(=O)NC1=O)C2=O. The van der Waals surface area contributed by atoms with Crippen molar-refractivity contribution in [2.75, 3.05) is 11.0 Å². The first-order valence-corrected chi connectivity index (χ1v) is 7.36. The van der Waals surface area contributed by atoms with Crippen LogP contribution in [0.5, 0.6) is 0 Å². The van der Waals surface area contributed by atoms with E-state index in [1.54, 1.807) is 14.9 Å². The summed E-state index contributed by atoms with van der Waals surface area (Å²) in [5.74, 6) is -0.821. The standard InChI is InChI=1S/C14H14BrN3O3/c1-17(15)10-4-2-3-8-9(10)7-18(14(8)21)11-5-6-12(19)16-13(11)20/h2-4,11H,5-7H2,1H3,(H,16,19,20). The van der Waals surface area contributed by atoms with Crippen LogP contribution in [-0.4, -0.2) is 35.7 Å². The number of piperidine rings is 1. The lowest BCUT2D eigenvalue weighted by Gasteiger charge is -2.29. The van der Waals surface area contributed by atoms with Gasteiger partial charge in [0.05, 0.1) is 5.69 Å². The van der Waals surface area contributed by atoms with E-state index in [0.717, 1.165) is 11.3 Å². The van der Waals surface area contributed by atoms with Crippen LogP contribution in [0.1, 0.15) is 28.8 Å². The molecule has 1 aromatic carbocycles. The molecule has 0 aromatic heterocycles. The topological polar surface area (TPSA) is 69.7 Å². The Balaban J connectivity index is 1.92. The lowest BCUT2D eigenvalue weighted by molar-refractivity contribution is -0.136. The number of halogens is 1. The average Bonchev–Trinajstić information content (AvgIpc) is 2.76. The first-order chi connectivity index (χ1) is 9.99. The highest BCUT2D eigenvalue weighted by Crippen LogP contribution is 2.34. The summed E-state index contributed by atoms with van der Waals surface area (Å²) in [6, 6.07) is 4.92. The van der Waals surface area contributed by atoms with Crippen molar-refractivity contribution in [3.05, 3.63) is 29.3 Å². The molecule has 6 nitrogen and oxygen atoms in total. The van der Waals surface area contributed by atoms with E-state index in [1.165, 1.54) is 0 Å². The van der Waals surface area contributed by atoms with Crippen LogP contribution in [-0.2, 0) is 16.1 Å². The first-order valence-electron chi connectivity index (χ1n) is 6.65. The number of anilines is 1. The van der Waals surface area contributed by atoms with Gasteiger partial charge in [-0.2, -0.15) is 0 Å². The molecular formula is C14H14BrN3O3. The second-order valence-electron chi connectivity index (χ2n) is 5.18. The van der Waals surface area contributed by atoms with Crippen molar-refractivity contribution in [2.45, 2.75) is 25.4 Å². The highest BCUT2D eigenvalue weighted by molar-refractivity contribution is 9.10. The van der Waals surface area contributed by atoms with Gasteiger partial charge in [0, 0.05) is 47.3 Å². The van der Waals surface area contributed by atoms with Gasteiger partial charge < -0.3 is 8.83 Å². The van der Waals surface area contributed by atoms with Gasteiger partial charge in [-0.15, -0.1) is 0 Å². The molecule has 7 heteroatoms. The third-order valence-corrected chi connectivity index (χ3v) is 4.27. The molecule has 0 radical (unpaired) electrons. The molecule has 110 valence electrons. The Labute approximate surface area is 130 Å². The van der Waals surface area contributed by atoms with Crippen molar-refractivity contribution in [1.29, 1.82) is 0 Å². The third kappa shape index (κ3) is 2.31. The summed E-state index contributed by atoms with van der Waals surface area (Å²) in [7, 11) is 1.84. The Morgan fingerprint density at radius 1 is 1.33 bits per heavy atom. The Kier molecular flexibility index (Phi) is 3.44. The molecule has 1 unspecified atom stereocenters. The molecule has 0 aliphatic carbocycles. The highest BCUT2D eigenvalue weighted by atomic mass is 79.9. The molecule has 21 heavy (non-hydrogen) atoms.